The Labute approximate surface area is 124 Å². The van der Waals surface area contributed by atoms with Gasteiger partial charge in [-0.2, -0.15) is 0 Å². The lowest BCUT2D eigenvalue weighted by atomic mass is 9.94. The van der Waals surface area contributed by atoms with E-state index in [1.807, 2.05) is 6.92 Å². The van der Waals surface area contributed by atoms with Gasteiger partial charge in [0.05, 0.1) is 5.57 Å². The van der Waals surface area contributed by atoms with E-state index in [0.29, 0.717) is 18.1 Å². The van der Waals surface area contributed by atoms with E-state index in [9.17, 15) is 14.7 Å². The highest BCUT2D eigenvalue weighted by molar-refractivity contribution is 6.09. The van der Waals surface area contributed by atoms with Crippen LogP contribution >= 0.6 is 0 Å². The zero-order chi connectivity index (χ0) is 15.7. The standard InChI is InChI=1S/C16H21NO4/c1-5-8-17-13(11-7-6-10(4)21-11)12(14(18)9(2)3)15(19)16(17)20/h6-7,9,13,19H,5,8H2,1-4H3. The van der Waals surface area contributed by atoms with Crippen molar-refractivity contribution in [1.82, 2.24) is 4.90 Å². The second-order valence-corrected chi connectivity index (χ2v) is 5.63. The molecule has 0 saturated carbocycles. The molecule has 1 aromatic heterocycles. The summed E-state index contributed by atoms with van der Waals surface area (Å²) in [5.74, 6) is -0.242. The highest BCUT2D eigenvalue weighted by atomic mass is 16.3. The number of amides is 1. The van der Waals surface area contributed by atoms with Crippen LogP contribution in [0.15, 0.2) is 27.9 Å². The maximum atomic E-state index is 12.4. The minimum absolute atomic E-state index is 0.151. The van der Waals surface area contributed by atoms with Crippen LogP contribution in [0.2, 0.25) is 0 Å². The zero-order valence-corrected chi connectivity index (χ0v) is 12.8. The SMILES string of the molecule is CCCN1C(=O)C(O)=C(C(=O)C(C)C)C1c1ccc(C)o1. The minimum atomic E-state index is -0.624. The molecular formula is C16H21NO4. The van der Waals surface area contributed by atoms with E-state index in [1.54, 1.807) is 32.9 Å². The van der Waals surface area contributed by atoms with E-state index in [-0.39, 0.29) is 17.3 Å². The van der Waals surface area contributed by atoms with Gasteiger partial charge in [-0.25, -0.2) is 0 Å². The quantitative estimate of drug-likeness (QED) is 0.905. The summed E-state index contributed by atoms with van der Waals surface area (Å²) in [4.78, 5) is 26.2. The maximum Gasteiger partial charge on any atom is 0.290 e. The van der Waals surface area contributed by atoms with E-state index in [0.717, 1.165) is 6.42 Å². The predicted molar refractivity (Wildman–Crippen MR) is 77.7 cm³/mol. The van der Waals surface area contributed by atoms with Crippen molar-refractivity contribution >= 4 is 11.7 Å². The van der Waals surface area contributed by atoms with Crippen LogP contribution in [0.1, 0.15) is 44.8 Å². The van der Waals surface area contributed by atoms with Crippen molar-refractivity contribution in [2.45, 2.75) is 40.2 Å². The third-order valence-corrected chi connectivity index (χ3v) is 3.59. The van der Waals surface area contributed by atoms with E-state index in [4.69, 9.17) is 4.42 Å². The first kappa shape index (κ1) is 15.4. The van der Waals surface area contributed by atoms with Gasteiger partial charge in [-0.3, -0.25) is 9.59 Å². The van der Waals surface area contributed by atoms with Crippen LogP contribution in [-0.2, 0) is 9.59 Å². The Bertz CT molecular complexity index is 597. The monoisotopic (exact) mass is 291 g/mol. The van der Waals surface area contributed by atoms with Crippen molar-refractivity contribution < 1.29 is 19.1 Å². The molecule has 0 aliphatic carbocycles. The van der Waals surface area contributed by atoms with Gasteiger partial charge in [0.25, 0.3) is 5.91 Å². The summed E-state index contributed by atoms with van der Waals surface area (Å²) in [6.45, 7) is 7.71. The average molecular weight is 291 g/mol. The first-order valence-corrected chi connectivity index (χ1v) is 7.23. The highest BCUT2D eigenvalue weighted by Crippen LogP contribution is 2.39. The number of Topliss-reactive ketones (excluding diaryl/α,β-unsaturated/α-hetero) is 1. The van der Waals surface area contributed by atoms with Crippen molar-refractivity contribution in [1.29, 1.82) is 0 Å². The largest absolute Gasteiger partial charge is 0.503 e. The molecular weight excluding hydrogens is 270 g/mol. The molecule has 1 unspecified atom stereocenters. The molecule has 5 nitrogen and oxygen atoms in total. The van der Waals surface area contributed by atoms with Gasteiger partial charge in [0.1, 0.15) is 17.6 Å². The normalized spacial score (nSPS) is 19.0. The third-order valence-electron chi connectivity index (χ3n) is 3.59. The number of hydrogen-bond acceptors (Lipinski definition) is 4. The molecule has 2 rings (SSSR count). The molecule has 1 amide bonds. The summed E-state index contributed by atoms with van der Waals surface area (Å²) >= 11 is 0. The Balaban J connectivity index is 2.52. The van der Waals surface area contributed by atoms with Crippen LogP contribution in [0, 0.1) is 12.8 Å². The van der Waals surface area contributed by atoms with Gasteiger partial charge in [0, 0.05) is 12.5 Å². The number of hydrogen-bond donors (Lipinski definition) is 1. The first-order valence-electron chi connectivity index (χ1n) is 7.23. The molecule has 0 fully saturated rings. The minimum Gasteiger partial charge on any atom is -0.503 e. The van der Waals surface area contributed by atoms with Crippen molar-refractivity contribution in [2.24, 2.45) is 5.92 Å². The van der Waals surface area contributed by atoms with E-state index < -0.39 is 17.7 Å². The lowest BCUT2D eigenvalue weighted by Crippen LogP contribution is -2.32. The smallest absolute Gasteiger partial charge is 0.290 e. The van der Waals surface area contributed by atoms with Gasteiger partial charge in [-0.05, 0) is 25.5 Å². The zero-order valence-electron chi connectivity index (χ0n) is 12.8. The first-order chi connectivity index (χ1) is 9.88. The Hall–Kier alpha value is -2.04. The molecule has 0 radical (unpaired) electrons. The molecule has 1 aliphatic rings. The van der Waals surface area contributed by atoms with Crippen molar-refractivity contribution in [2.75, 3.05) is 6.54 Å². The third kappa shape index (κ3) is 2.60. The Morgan fingerprint density at radius 3 is 2.57 bits per heavy atom. The number of rotatable bonds is 5. The van der Waals surface area contributed by atoms with Gasteiger partial charge in [-0.15, -0.1) is 0 Å². The second kappa shape index (κ2) is 5.76. The van der Waals surface area contributed by atoms with Gasteiger partial charge in [0.15, 0.2) is 11.5 Å². The van der Waals surface area contributed by atoms with Crippen molar-refractivity contribution in [3.63, 3.8) is 0 Å². The summed E-state index contributed by atoms with van der Waals surface area (Å²) in [5.41, 5.74) is 0.151. The van der Waals surface area contributed by atoms with Crippen LogP contribution < -0.4 is 0 Å². The van der Waals surface area contributed by atoms with Crippen LogP contribution in [0.4, 0.5) is 0 Å². The number of aliphatic hydroxyl groups excluding tert-OH is 1. The molecule has 0 bridgehead atoms. The van der Waals surface area contributed by atoms with Gasteiger partial charge >= 0.3 is 0 Å². The summed E-state index contributed by atoms with van der Waals surface area (Å²) in [5, 5.41) is 10.1. The number of aryl methyl sites for hydroxylation is 1. The fourth-order valence-electron chi connectivity index (χ4n) is 2.58. The maximum absolute atomic E-state index is 12.4. The van der Waals surface area contributed by atoms with E-state index in [2.05, 4.69) is 0 Å². The second-order valence-electron chi connectivity index (χ2n) is 5.63. The Kier molecular flexibility index (Phi) is 4.21. The molecule has 1 aliphatic heterocycles. The fraction of sp³-hybridized carbons (Fsp3) is 0.500. The van der Waals surface area contributed by atoms with Crippen LogP contribution in [-0.4, -0.2) is 28.2 Å². The molecule has 1 N–H and O–H groups in total. The molecule has 0 aromatic carbocycles. The number of furan rings is 1. The van der Waals surface area contributed by atoms with Crippen molar-refractivity contribution in [3.05, 3.63) is 35.0 Å². The number of nitrogens with zero attached hydrogens (tertiary/aromatic N) is 1. The topological polar surface area (TPSA) is 70.8 Å². The lowest BCUT2D eigenvalue weighted by Gasteiger charge is -2.24. The van der Waals surface area contributed by atoms with Gasteiger partial charge in [-0.1, -0.05) is 20.8 Å². The lowest BCUT2D eigenvalue weighted by molar-refractivity contribution is -0.129. The van der Waals surface area contributed by atoms with Crippen LogP contribution in [0.3, 0.4) is 0 Å². The molecule has 1 atom stereocenters. The number of carbonyl (C=O) groups is 2. The van der Waals surface area contributed by atoms with E-state index >= 15 is 0 Å². The number of ketones is 1. The molecule has 2 heterocycles. The molecule has 0 saturated heterocycles. The summed E-state index contributed by atoms with van der Waals surface area (Å²) in [7, 11) is 0. The molecule has 114 valence electrons. The molecule has 21 heavy (non-hydrogen) atoms. The Morgan fingerprint density at radius 1 is 1.43 bits per heavy atom. The van der Waals surface area contributed by atoms with Gasteiger partial charge in [0.2, 0.25) is 0 Å². The van der Waals surface area contributed by atoms with Crippen molar-refractivity contribution in [3.8, 4) is 0 Å². The predicted octanol–water partition coefficient (Wildman–Crippen LogP) is 2.92. The average Bonchev–Trinajstić information content (AvgIpc) is 2.95. The van der Waals surface area contributed by atoms with Crippen LogP contribution in [0.25, 0.3) is 0 Å². The van der Waals surface area contributed by atoms with E-state index in [1.165, 1.54) is 4.90 Å². The molecule has 1 aromatic rings. The molecule has 5 heteroatoms. The molecule has 0 spiro atoms. The van der Waals surface area contributed by atoms with Crippen LogP contribution in [0.5, 0.6) is 0 Å². The number of carbonyl (C=O) groups excluding carboxylic acids is 2. The summed E-state index contributed by atoms with van der Waals surface area (Å²) < 4.78 is 5.61. The number of aliphatic hydroxyl groups is 1. The summed E-state index contributed by atoms with van der Waals surface area (Å²) in [6, 6.07) is 2.92. The Morgan fingerprint density at radius 2 is 2.10 bits per heavy atom. The fourth-order valence-corrected chi connectivity index (χ4v) is 2.58. The highest BCUT2D eigenvalue weighted by Gasteiger charge is 2.44. The summed E-state index contributed by atoms with van der Waals surface area (Å²) in [6.07, 6.45) is 0.734. The van der Waals surface area contributed by atoms with Gasteiger partial charge < -0.3 is 14.4 Å².